The van der Waals surface area contributed by atoms with Gasteiger partial charge in [0.2, 0.25) is 17.7 Å². The molecule has 1 aliphatic carbocycles. The molecule has 7 nitrogen and oxygen atoms in total. The molecule has 2 aliphatic heterocycles. The summed E-state index contributed by atoms with van der Waals surface area (Å²) >= 11 is 12.3. The third kappa shape index (κ3) is 7.45. The van der Waals surface area contributed by atoms with Gasteiger partial charge in [0, 0.05) is 42.6 Å². The van der Waals surface area contributed by atoms with Crippen LogP contribution in [0, 0.1) is 5.92 Å². The van der Waals surface area contributed by atoms with Crippen molar-refractivity contribution < 1.29 is 14.4 Å². The van der Waals surface area contributed by atoms with Gasteiger partial charge in [0.1, 0.15) is 12.1 Å². The Kier molecular flexibility index (Phi) is 9.55. The van der Waals surface area contributed by atoms with Gasteiger partial charge >= 0.3 is 0 Å². The molecule has 9 heteroatoms. The van der Waals surface area contributed by atoms with Gasteiger partial charge in [-0.15, -0.1) is 0 Å². The van der Waals surface area contributed by atoms with E-state index in [0.29, 0.717) is 67.8 Å². The first kappa shape index (κ1) is 30.6. The summed E-state index contributed by atoms with van der Waals surface area (Å²) in [5.74, 6) is 0.0126. The van der Waals surface area contributed by atoms with E-state index in [-0.39, 0.29) is 17.7 Å². The highest BCUT2D eigenvalue weighted by Crippen LogP contribution is 2.36. The number of fused-ring (bicyclic) bond motifs is 1. The van der Waals surface area contributed by atoms with Gasteiger partial charge < -0.3 is 20.4 Å². The van der Waals surface area contributed by atoms with E-state index in [1.165, 1.54) is 5.56 Å². The molecule has 0 radical (unpaired) electrons. The third-order valence-electron chi connectivity index (χ3n) is 9.05. The van der Waals surface area contributed by atoms with Crippen LogP contribution in [0.3, 0.4) is 0 Å². The summed E-state index contributed by atoms with van der Waals surface area (Å²) in [5, 5.41) is 7.70. The maximum absolute atomic E-state index is 14.3. The van der Waals surface area contributed by atoms with Crippen LogP contribution in [-0.4, -0.2) is 65.3 Å². The third-order valence-corrected chi connectivity index (χ3v) is 9.53. The van der Waals surface area contributed by atoms with Crippen molar-refractivity contribution in [1.82, 2.24) is 20.4 Å². The molecular weight excluding hydrogens is 595 g/mol. The molecule has 3 unspecified atom stereocenters. The van der Waals surface area contributed by atoms with E-state index < -0.39 is 18.1 Å². The number of amides is 3. The van der Waals surface area contributed by atoms with E-state index >= 15 is 0 Å². The van der Waals surface area contributed by atoms with Crippen LogP contribution in [0.5, 0.6) is 0 Å². The predicted molar refractivity (Wildman–Crippen MR) is 172 cm³/mol. The largest absolute Gasteiger partial charge is 0.343 e. The zero-order valence-corrected chi connectivity index (χ0v) is 26.2. The molecule has 1 saturated heterocycles. The fraction of sp³-hybridized carbons (Fsp3) is 0.400. The number of halogens is 2. The van der Waals surface area contributed by atoms with Crippen LogP contribution in [0.2, 0.25) is 10.0 Å². The van der Waals surface area contributed by atoms with Gasteiger partial charge in [-0.25, -0.2) is 0 Å². The number of carbonyl (C=O) groups is 3. The Morgan fingerprint density at radius 3 is 2.43 bits per heavy atom. The number of hydrogen-bond donors (Lipinski definition) is 2. The van der Waals surface area contributed by atoms with Crippen LogP contribution in [0.4, 0.5) is 0 Å². The van der Waals surface area contributed by atoms with E-state index in [0.717, 1.165) is 29.5 Å². The van der Waals surface area contributed by atoms with E-state index in [9.17, 15) is 14.4 Å². The summed E-state index contributed by atoms with van der Waals surface area (Å²) in [4.78, 5) is 45.5. The van der Waals surface area contributed by atoms with Gasteiger partial charge in [-0.05, 0) is 71.7 Å². The summed E-state index contributed by atoms with van der Waals surface area (Å²) in [6, 6.07) is 21.3. The topological polar surface area (TPSA) is 81.8 Å². The zero-order valence-electron chi connectivity index (χ0n) is 24.7. The number of carbonyl (C=O) groups excluding carboxylic acids is 3. The van der Waals surface area contributed by atoms with Gasteiger partial charge in [0.15, 0.2) is 0 Å². The van der Waals surface area contributed by atoms with Gasteiger partial charge in [0.05, 0.1) is 6.04 Å². The highest BCUT2D eigenvalue weighted by Gasteiger charge is 2.42. The fourth-order valence-electron chi connectivity index (χ4n) is 6.35. The average Bonchev–Trinajstić information content (AvgIpc) is 3.86. The van der Waals surface area contributed by atoms with E-state index in [2.05, 4.69) is 16.7 Å². The lowest BCUT2D eigenvalue weighted by Crippen LogP contribution is -2.63. The molecule has 6 rings (SSSR count). The number of hydrogen-bond acceptors (Lipinski definition) is 4. The molecule has 3 aromatic carbocycles. The van der Waals surface area contributed by atoms with E-state index in [4.69, 9.17) is 23.2 Å². The molecule has 3 atom stereocenters. The minimum Gasteiger partial charge on any atom is -0.343 e. The molecular formula is C35H38Cl2N4O3. The van der Waals surface area contributed by atoms with E-state index in [1.54, 1.807) is 17.0 Å². The molecule has 230 valence electrons. The molecule has 1 saturated carbocycles. The van der Waals surface area contributed by atoms with Crippen molar-refractivity contribution in [3.63, 3.8) is 0 Å². The van der Waals surface area contributed by atoms with Gasteiger partial charge in [0.25, 0.3) is 0 Å². The summed E-state index contributed by atoms with van der Waals surface area (Å²) in [6.07, 6.45) is 4.37. The lowest BCUT2D eigenvalue weighted by Gasteiger charge is -2.42. The first-order valence-electron chi connectivity index (χ1n) is 15.5. The number of nitrogens with zero attached hydrogens (tertiary/aromatic N) is 2. The highest BCUT2D eigenvalue weighted by molar-refractivity contribution is 6.30. The second kappa shape index (κ2) is 13.7. The van der Waals surface area contributed by atoms with Gasteiger partial charge in [-0.2, -0.15) is 0 Å². The summed E-state index contributed by atoms with van der Waals surface area (Å²) in [6.45, 7) is 2.05. The maximum atomic E-state index is 14.3. The zero-order chi connectivity index (χ0) is 30.6. The molecule has 2 heterocycles. The minimum atomic E-state index is -0.810. The highest BCUT2D eigenvalue weighted by atomic mass is 35.5. The second-order valence-corrected chi connectivity index (χ2v) is 13.1. The number of nitrogens with one attached hydrogen (secondary N) is 2. The van der Waals surface area contributed by atoms with Crippen molar-refractivity contribution in [3.8, 4) is 0 Å². The lowest BCUT2D eigenvalue weighted by atomic mass is 9.95. The first-order chi connectivity index (χ1) is 21.3. The van der Waals surface area contributed by atoms with Crippen LogP contribution in [0.1, 0.15) is 41.5 Å². The molecule has 0 bridgehead atoms. The van der Waals surface area contributed by atoms with Crippen molar-refractivity contribution in [1.29, 1.82) is 0 Å². The minimum absolute atomic E-state index is 0.0133. The summed E-state index contributed by atoms with van der Waals surface area (Å²) < 4.78 is 0. The van der Waals surface area contributed by atoms with Crippen molar-refractivity contribution in [2.45, 2.75) is 63.2 Å². The molecule has 0 spiro atoms. The predicted octanol–water partition coefficient (Wildman–Crippen LogP) is 4.82. The SMILES string of the molecule is O=C(NC(Cc1ccc(Cl)cc1)C(=O)N1CCN(CCc2cccc(Cl)c2)C(=O)C1CC1CC1)C1Cc2ccccc2CN1. The molecule has 3 amide bonds. The number of rotatable bonds is 10. The first-order valence-corrected chi connectivity index (χ1v) is 16.3. The number of piperazine rings is 1. The standard InChI is InChI=1S/C35H38Cl2N4O3/c36-28-12-10-24(11-13-28)19-31(39-33(42)30-21-26-5-1-2-6-27(26)22-38-30)34(43)41-17-16-40(35(44)32(41)20-25-8-9-25)15-14-23-4-3-7-29(37)18-23/h1-7,10-13,18,25,30-32,38H,8-9,14-17,19-22H2,(H,39,42). The Morgan fingerprint density at radius 1 is 0.909 bits per heavy atom. The van der Waals surface area contributed by atoms with E-state index in [1.807, 2.05) is 59.5 Å². The molecule has 3 aliphatic rings. The normalized spacial score (nSPS) is 20.6. The molecule has 2 fully saturated rings. The molecule has 44 heavy (non-hydrogen) atoms. The Hall–Kier alpha value is -3.39. The van der Waals surface area contributed by atoms with Crippen molar-refractivity contribution in [3.05, 3.63) is 105 Å². The lowest BCUT2D eigenvalue weighted by molar-refractivity contribution is -0.153. The maximum Gasteiger partial charge on any atom is 0.246 e. The van der Waals surface area contributed by atoms with Crippen molar-refractivity contribution in [2.24, 2.45) is 5.92 Å². The fourth-order valence-corrected chi connectivity index (χ4v) is 6.69. The Morgan fingerprint density at radius 2 is 1.68 bits per heavy atom. The molecule has 3 aromatic rings. The number of benzene rings is 3. The summed E-state index contributed by atoms with van der Waals surface area (Å²) in [7, 11) is 0. The van der Waals surface area contributed by atoms with Crippen molar-refractivity contribution in [2.75, 3.05) is 19.6 Å². The van der Waals surface area contributed by atoms with Crippen LogP contribution in [0.25, 0.3) is 0 Å². The summed E-state index contributed by atoms with van der Waals surface area (Å²) in [5.41, 5.74) is 4.28. The Bertz CT molecular complexity index is 1510. The van der Waals surface area contributed by atoms with Crippen LogP contribution in [0.15, 0.2) is 72.8 Å². The molecule has 2 N–H and O–H groups in total. The van der Waals surface area contributed by atoms with Crippen molar-refractivity contribution >= 4 is 40.9 Å². The smallest absolute Gasteiger partial charge is 0.246 e. The second-order valence-electron chi connectivity index (χ2n) is 12.2. The monoisotopic (exact) mass is 632 g/mol. The van der Waals surface area contributed by atoms with Crippen LogP contribution in [-0.2, 0) is 40.2 Å². The van der Waals surface area contributed by atoms with Crippen LogP contribution < -0.4 is 10.6 Å². The average molecular weight is 634 g/mol. The van der Waals surface area contributed by atoms with Gasteiger partial charge in [-0.3, -0.25) is 14.4 Å². The Balaban J connectivity index is 1.19. The van der Waals surface area contributed by atoms with Crippen LogP contribution >= 0.6 is 23.2 Å². The Labute approximate surface area is 268 Å². The molecule has 0 aromatic heterocycles. The quantitative estimate of drug-likeness (QED) is 0.336. The van der Waals surface area contributed by atoms with Gasteiger partial charge in [-0.1, -0.05) is 84.6 Å².